The molecule has 400 valence electrons. The highest BCUT2D eigenvalue weighted by Gasteiger charge is 2.19. The van der Waals surface area contributed by atoms with Crippen molar-refractivity contribution in [3.8, 4) is 0 Å². The van der Waals surface area contributed by atoms with Crippen molar-refractivity contribution in [2.24, 2.45) is 0 Å². The summed E-state index contributed by atoms with van der Waals surface area (Å²) >= 11 is 0. The minimum absolute atomic E-state index is 0.0944. The molecule has 0 heterocycles. The fourth-order valence-electron chi connectivity index (χ4n) is 8.49. The van der Waals surface area contributed by atoms with Gasteiger partial charge in [-0.2, -0.15) is 0 Å². The lowest BCUT2D eigenvalue weighted by molar-refractivity contribution is -0.167. The van der Waals surface area contributed by atoms with Gasteiger partial charge in [-0.15, -0.1) is 0 Å². The molecule has 0 fully saturated rings. The standard InChI is InChI=1S/C63H112O6/c1-4-7-10-13-16-19-22-25-28-30-31-33-35-38-41-44-47-50-53-56-62(65)68-59-60(58-67-61(64)55-52-49-46-43-40-37-34-27-24-21-18-15-12-9-6-3)69-63(66)57-54-51-48-45-42-39-36-32-29-26-23-20-17-14-11-8-5-2/h17,20,26,29-31,36,39,45,48,60H,4-16,18-19,21-25,27-28,32-35,37-38,40-44,46-47,49-59H2,1-3H3/b20-17-,29-26-,31-30-,39-36-,48-45-. The monoisotopic (exact) mass is 965 g/mol. The van der Waals surface area contributed by atoms with Crippen molar-refractivity contribution in [3.63, 3.8) is 0 Å². The molecule has 0 aromatic rings. The fourth-order valence-corrected chi connectivity index (χ4v) is 8.49. The van der Waals surface area contributed by atoms with Crippen LogP contribution in [0.4, 0.5) is 0 Å². The van der Waals surface area contributed by atoms with E-state index in [1.54, 1.807) is 0 Å². The molecule has 1 unspecified atom stereocenters. The fraction of sp³-hybridized carbons (Fsp3) is 0.794. The first-order valence-corrected chi connectivity index (χ1v) is 29.8. The molecule has 69 heavy (non-hydrogen) atoms. The summed E-state index contributed by atoms with van der Waals surface area (Å²) in [6.45, 7) is 6.60. The average molecular weight is 966 g/mol. The molecule has 0 radical (unpaired) electrons. The molecule has 6 nitrogen and oxygen atoms in total. The van der Waals surface area contributed by atoms with Gasteiger partial charge in [0.25, 0.3) is 0 Å². The van der Waals surface area contributed by atoms with Gasteiger partial charge >= 0.3 is 17.9 Å². The van der Waals surface area contributed by atoms with E-state index in [1.807, 2.05) is 0 Å². The third-order valence-corrected chi connectivity index (χ3v) is 13.0. The molecule has 0 saturated heterocycles. The summed E-state index contributed by atoms with van der Waals surface area (Å²) in [5.74, 6) is -0.942. The number of ether oxygens (including phenoxy) is 3. The van der Waals surface area contributed by atoms with Gasteiger partial charge < -0.3 is 14.2 Å². The maximum Gasteiger partial charge on any atom is 0.306 e. The van der Waals surface area contributed by atoms with Crippen LogP contribution in [0, 0.1) is 0 Å². The normalized spacial score (nSPS) is 12.4. The Balaban J connectivity index is 4.43. The summed E-state index contributed by atoms with van der Waals surface area (Å²) in [7, 11) is 0. The van der Waals surface area contributed by atoms with Crippen LogP contribution in [0.1, 0.15) is 303 Å². The highest BCUT2D eigenvalue weighted by Crippen LogP contribution is 2.16. The second-order valence-electron chi connectivity index (χ2n) is 19.9. The van der Waals surface area contributed by atoms with Gasteiger partial charge in [0.2, 0.25) is 0 Å². The van der Waals surface area contributed by atoms with Crippen LogP contribution in [0.25, 0.3) is 0 Å². The molecule has 0 aromatic carbocycles. The Morgan fingerprint density at radius 2 is 0.536 bits per heavy atom. The van der Waals surface area contributed by atoms with Crippen molar-refractivity contribution < 1.29 is 28.6 Å². The van der Waals surface area contributed by atoms with Crippen LogP contribution >= 0.6 is 0 Å². The van der Waals surface area contributed by atoms with Gasteiger partial charge in [-0.05, 0) is 83.5 Å². The van der Waals surface area contributed by atoms with Gasteiger partial charge in [0.05, 0.1) is 0 Å². The minimum Gasteiger partial charge on any atom is -0.462 e. The largest absolute Gasteiger partial charge is 0.462 e. The van der Waals surface area contributed by atoms with Crippen molar-refractivity contribution in [1.82, 2.24) is 0 Å². The summed E-state index contributed by atoms with van der Waals surface area (Å²) in [5, 5.41) is 0. The van der Waals surface area contributed by atoms with Crippen LogP contribution in [0.15, 0.2) is 60.8 Å². The molecule has 0 aliphatic rings. The summed E-state index contributed by atoms with van der Waals surface area (Å²) in [6, 6.07) is 0. The molecular formula is C63H112O6. The second-order valence-corrected chi connectivity index (χ2v) is 19.9. The predicted molar refractivity (Wildman–Crippen MR) is 298 cm³/mol. The Morgan fingerprint density at radius 1 is 0.290 bits per heavy atom. The number of hydrogen-bond acceptors (Lipinski definition) is 6. The van der Waals surface area contributed by atoms with Gasteiger partial charge in [0, 0.05) is 19.3 Å². The highest BCUT2D eigenvalue weighted by atomic mass is 16.6. The van der Waals surface area contributed by atoms with Gasteiger partial charge in [-0.25, -0.2) is 0 Å². The molecule has 0 rings (SSSR count). The molecule has 0 saturated carbocycles. The molecule has 0 amide bonds. The van der Waals surface area contributed by atoms with Crippen LogP contribution in [0.2, 0.25) is 0 Å². The van der Waals surface area contributed by atoms with E-state index in [-0.39, 0.29) is 37.5 Å². The number of carbonyl (C=O) groups excluding carboxylic acids is 3. The number of allylic oxidation sites excluding steroid dienone is 10. The molecule has 6 heteroatoms. The Hall–Kier alpha value is -2.89. The average Bonchev–Trinajstić information content (AvgIpc) is 3.35. The molecule has 0 spiro atoms. The van der Waals surface area contributed by atoms with Gasteiger partial charge in [-0.1, -0.05) is 261 Å². The van der Waals surface area contributed by atoms with E-state index in [0.29, 0.717) is 19.3 Å². The zero-order chi connectivity index (χ0) is 50.0. The molecule has 1 atom stereocenters. The van der Waals surface area contributed by atoms with Crippen LogP contribution in [-0.2, 0) is 28.6 Å². The van der Waals surface area contributed by atoms with Crippen molar-refractivity contribution in [2.45, 2.75) is 309 Å². The third-order valence-electron chi connectivity index (χ3n) is 13.0. The SMILES string of the molecule is CCCCC/C=C\C/C=C\C/C=C\C/C=C\CCCC(=O)OC(COC(=O)CCCCCCCCC/C=C\CCCCCCCCCC)COC(=O)CCCCCCCCCCCCCCCCC. The number of unbranched alkanes of at least 4 members (excludes halogenated alkanes) is 33. The van der Waals surface area contributed by atoms with Gasteiger partial charge in [0.15, 0.2) is 6.10 Å². The topological polar surface area (TPSA) is 78.9 Å². The quantitative estimate of drug-likeness (QED) is 0.0262. The number of carbonyl (C=O) groups is 3. The molecule has 0 aliphatic heterocycles. The van der Waals surface area contributed by atoms with Crippen LogP contribution < -0.4 is 0 Å². The van der Waals surface area contributed by atoms with Crippen LogP contribution in [0.3, 0.4) is 0 Å². The van der Waals surface area contributed by atoms with E-state index in [9.17, 15) is 14.4 Å². The molecule has 0 N–H and O–H groups in total. The number of hydrogen-bond donors (Lipinski definition) is 0. The van der Waals surface area contributed by atoms with Crippen molar-refractivity contribution in [2.75, 3.05) is 13.2 Å². The minimum atomic E-state index is -0.803. The Bertz CT molecular complexity index is 1250. The first kappa shape index (κ1) is 66.1. The summed E-state index contributed by atoms with van der Waals surface area (Å²) < 4.78 is 16.8. The Morgan fingerprint density at radius 3 is 0.899 bits per heavy atom. The second kappa shape index (κ2) is 57.7. The maximum absolute atomic E-state index is 12.8. The molecule has 0 aliphatic carbocycles. The van der Waals surface area contributed by atoms with Crippen LogP contribution in [-0.4, -0.2) is 37.2 Å². The molecule has 0 aromatic heterocycles. The van der Waals surface area contributed by atoms with E-state index in [1.165, 1.54) is 193 Å². The van der Waals surface area contributed by atoms with Gasteiger partial charge in [-0.3, -0.25) is 14.4 Å². The molecular weight excluding hydrogens is 853 g/mol. The lowest BCUT2D eigenvalue weighted by atomic mass is 10.0. The van der Waals surface area contributed by atoms with Crippen molar-refractivity contribution in [3.05, 3.63) is 60.8 Å². The summed E-state index contributed by atoms with van der Waals surface area (Å²) in [4.78, 5) is 38.2. The van der Waals surface area contributed by atoms with E-state index >= 15 is 0 Å². The molecule has 0 bridgehead atoms. The lowest BCUT2D eigenvalue weighted by Crippen LogP contribution is -2.30. The van der Waals surface area contributed by atoms with Crippen LogP contribution in [0.5, 0.6) is 0 Å². The zero-order valence-corrected chi connectivity index (χ0v) is 45.8. The maximum atomic E-state index is 12.8. The Kier molecular flexibility index (Phi) is 55.3. The Labute approximate surface area is 428 Å². The number of rotatable bonds is 54. The number of esters is 3. The highest BCUT2D eigenvalue weighted by molar-refractivity contribution is 5.71. The van der Waals surface area contributed by atoms with Gasteiger partial charge in [0.1, 0.15) is 13.2 Å². The summed E-state index contributed by atoms with van der Waals surface area (Å²) in [5.41, 5.74) is 0. The van der Waals surface area contributed by atoms with E-state index in [4.69, 9.17) is 14.2 Å². The van der Waals surface area contributed by atoms with E-state index < -0.39 is 6.10 Å². The zero-order valence-electron chi connectivity index (χ0n) is 45.8. The predicted octanol–water partition coefficient (Wildman–Crippen LogP) is 20.0. The van der Waals surface area contributed by atoms with E-state index in [2.05, 4.69) is 81.5 Å². The smallest absolute Gasteiger partial charge is 0.306 e. The third kappa shape index (κ3) is 55.9. The van der Waals surface area contributed by atoms with Crippen molar-refractivity contribution >= 4 is 17.9 Å². The summed E-state index contributed by atoms with van der Waals surface area (Å²) in [6.07, 6.45) is 72.2. The van der Waals surface area contributed by atoms with E-state index in [0.717, 1.165) is 64.2 Å². The first-order valence-electron chi connectivity index (χ1n) is 29.8. The van der Waals surface area contributed by atoms with Crippen molar-refractivity contribution in [1.29, 1.82) is 0 Å². The first-order chi connectivity index (χ1) is 34.0. The lowest BCUT2D eigenvalue weighted by Gasteiger charge is -2.18.